The number of carboxylic acids is 1. The van der Waals surface area contributed by atoms with E-state index in [2.05, 4.69) is 0 Å². The lowest BCUT2D eigenvalue weighted by Gasteiger charge is -2.21. The fourth-order valence-electron chi connectivity index (χ4n) is 1.59. The largest absolute Gasteiger partial charge is 0.480 e. The fraction of sp³-hybridized carbons (Fsp3) is 0.714. The van der Waals surface area contributed by atoms with Gasteiger partial charge in [-0.3, -0.25) is 9.36 Å². The molecule has 1 aliphatic rings. The molecular formula is C7H12NO6P. The third-order valence-corrected chi connectivity index (χ3v) is 2.88. The van der Waals surface area contributed by atoms with E-state index >= 15 is 0 Å². The Morgan fingerprint density at radius 2 is 2.00 bits per heavy atom. The highest BCUT2D eigenvalue weighted by atomic mass is 31.2. The van der Waals surface area contributed by atoms with Crippen molar-refractivity contribution in [3.05, 3.63) is 0 Å². The summed E-state index contributed by atoms with van der Waals surface area (Å²) >= 11 is 0. The highest BCUT2D eigenvalue weighted by molar-refractivity contribution is 7.52. The van der Waals surface area contributed by atoms with E-state index in [1.54, 1.807) is 0 Å². The SMILES string of the molecule is O=C(O)[C@@H]1CCCN1C(=O)CP(=O)(O)O. The highest BCUT2D eigenvalue weighted by Crippen LogP contribution is 2.35. The molecule has 1 atom stereocenters. The number of hydrogen-bond donors (Lipinski definition) is 3. The van der Waals surface area contributed by atoms with E-state index in [1.807, 2.05) is 0 Å². The Kier molecular flexibility index (Phi) is 3.49. The number of amides is 1. The third kappa shape index (κ3) is 3.30. The summed E-state index contributed by atoms with van der Waals surface area (Å²) in [5.74, 6) is -1.93. The van der Waals surface area contributed by atoms with Gasteiger partial charge >= 0.3 is 13.6 Å². The van der Waals surface area contributed by atoms with E-state index in [9.17, 15) is 14.2 Å². The number of aliphatic carboxylic acids is 1. The molecule has 0 aromatic rings. The molecule has 3 N–H and O–H groups in total. The second-order valence-corrected chi connectivity index (χ2v) is 5.05. The first kappa shape index (κ1) is 12.2. The van der Waals surface area contributed by atoms with E-state index in [4.69, 9.17) is 14.9 Å². The molecule has 0 aliphatic carbocycles. The summed E-state index contributed by atoms with van der Waals surface area (Å²) in [7, 11) is -4.42. The first-order chi connectivity index (χ1) is 6.81. The second-order valence-electron chi connectivity index (χ2n) is 3.41. The van der Waals surface area contributed by atoms with Gasteiger partial charge in [-0.05, 0) is 12.8 Å². The summed E-state index contributed by atoms with van der Waals surface area (Å²) in [6, 6.07) is -0.941. The number of carboxylic acid groups (broad SMARTS) is 1. The minimum absolute atomic E-state index is 0.246. The zero-order valence-electron chi connectivity index (χ0n) is 7.87. The molecule has 0 radical (unpaired) electrons. The number of likely N-dealkylation sites (tertiary alicyclic amines) is 1. The Morgan fingerprint density at radius 3 is 2.47 bits per heavy atom. The van der Waals surface area contributed by atoms with Crippen molar-refractivity contribution in [3.8, 4) is 0 Å². The molecule has 1 amide bonds. The van der Waals surface area contributed by atoms with Crippen molar-refractivity contribution in [2.24, 2.45) is 0 Å². The smallest absolute Gasteiger partial charge is 0.334 e. The van der Waals surface area contributed by atoms with Crippen molar-refractivity contribution < 1.29 is 29.0 Å². The lowest BCUT2D eigenvalue weighted by Crippen LogP contribution is -2.41. The Morgan fingerprint density at radius 1 is 1.40 bits per heavy atom. The van der Waals surface area contributed by atoms with Crippen molar-refractivity contribution >= 4 is 19.5 Å². The van der Waals surface area contributed by atoms with Crippen molar-refractivity contribution in [2.75, 3.05) is 12.7 Å². The predicted octanol–water partition coefficient (Wildman–Crippen LogP) is -0.760. The number of nitrogens with zero attached hydrogens (tertiary/aromatic N) is 1. The molecule has 1 heterocycles. The maximum atomic E-state index is 11.3. The molecular weight excluding hydrogens is 225 g/mol. The lowest BCUT2D eigenvalue weighted by atomic mass is 10.2. The molecule has 0 spiro atoms. The van der Waals surface area contributed by atoms with E-state index < -0.39 is 31.7 Å². The Balaban J connectivity index is 2.67. The monoisotopic (exact) mass is 237 g/mol. The Hall–Kier alpha value is -0.910. The summed E-state index contributed by atoms with van der Waals surface area (Å²) in [4.78, 5) is 40.2. The van der Waals surface area contributed by atoms with Crippen LogP contribution in [-0.2, 0) is 14.2 Å². The van der Waals surface area contributed by atoms with Crippen LogP contribution in [0.3, 0.4) is 0 Å². The minimum atomic E-state index is -4.42. The van der Waals surface area contributed by atoms with Crippen LogP contribution in [0.4, 0.5) is 0 Å². The van der Waals surface area contributed by atoms with Gasteiger partial charge in [0.15, 0.2) is 0 Å². The molecule has 8 heteroatoms. The number of hydrogen-bond acceptors (Lipinski definition) is 3. The maximum Gasteiger partial charge on any atom is 0.334 e. The average molecular weight is 237 g/mol. The van der Waals surface area contributed by atoms with Crippen LogP contribution >= 0.6 is 7.60 Å². The van der Waals surface area contributed by atoms with E-state index in [1.165, 1.54) is 0 Å². The van der Waals surface area contributed by atoms with Crippen LogP contribution in [0, 0.1) is 0 Å². The average Bonchev–Trinajstić information content (AvgIpc) is 2.47. The number of rotatable bonds is 3. The minimum Gasteiger partial charge on any atom is -0.480 e. The third-order valence-electron chi connectivity index (χ3n) is 2.20. The first-order valence-electron chi connectivity index (χ1n) is 4.38. The van der Waals surface area contributed by atoms with Crippen molar-refractivity contribution in [1.29, 1.82) is 0 Å². The van der Waals surface area contributed by atoms with Gasteiger partial charge < -0.3 is 19.8 Å². The topological polar surface area (TPSA) is 115 Å². The molecule has 1 saturated heterocycles. The molecule has 86 valence electrons. The molecule has 0 bridgehead atoms. The van der Waals surface area contributed by atoms with Crippen molar-refractivity contribution in [3.63, 3.8) is 0 Å². The predicted molar refractivity (Wildman–Crippen MR) is 49.3 cm³/mol. The van der Waals surface area contributed by atoms with Gasteiger partial charge in [0.05, 0.1) is 0 Å². The Labute approximate surface area is 85.9 Å². The molecule has 0 unspecified atom stereocenters. The van der Waals surface area contributed by atoms with E-state index in [-0.39, 0.29) is 6.54 Å². The molecule has 0 aromatic heterocycles. The number of carbonyl (C=O) groups is 2. The van der Waals surface area contributed by atoms with Gasteiger partial charge in [-0.25, -0.2) is 4.79 Å². The zero-order valence-corrected chi connectivity index (χ0v) is 8.76. The fourth-order valence-corrected chi connectivity index (χ4v) is 2.12. The second kappa shape index (κ2) is 4.30. The lowest BCUT2D eigenvalue weighted by molar-refractivity contribution is -0.147. The van der Waals surface area contributed by atoms with E-state index in [0.29, 0.717) is 12.8 Å². The summed E-state index contributed by atoms with van der Waals surface area (Å²) in [6.45, 7) is 0.246. The number of carbonyl (C=O) groups excluding carboxylic acids is 1. The van der Waals surface area contributed by atoms with Crippen LogP contribution in [0.15, 0.2) is 0 Å². The highest BCUT2D eigenvalue weighted by Gasteiger charge is 2.36. The molecule has 0 saturated carbocycles. The van der Waals surface area contributed by atoms with Crippen LogP contribution in [0.5, 0.6) is 0 Å². The van der Waals surface area contributed by atoms with Crippen molar-refractivity contribution in [1.82, 2.24) is 4.90 Å². The molecule has 1 rings (SSSR count). The maximum absolute atomic E-state index is 11.3. The van der Waals surface area contributed by atoms with Gasteiger partial charge in [-0.2, -0.15) is 0 Å². The summed E-state index contributed by atoms with van der Waals surface area (Å²) in [5, 5.41) is 8.74. The van der Waals surface area contributed by atoms with Crippen LogP contribution in [0.25, 0.3) is 0 Å². The van der Waals surface area contributed by atoms with Crippen LogP contribution in [0.1, 0.15) is 12.8 Å². The first-order valence-corrected chi connectivity index (χ1v) is 6.18. The molecule has 1 fully saturated rings. The van der Waals surface area contributed by atoms with Gasteiger partial charge in [-0.1, -0.05) is 0 Å². The van der Waals surface area contributed by atoms with Crippen LogP contribution in [0.2, 0.25) is 0 Å². The molecule has 0 aromatic carbocycles. The molecule has 1 aliphatic heterocycles. The summed E-state index contributed by atoms with van der Waals surface area (Å²) in [6.07, 6.45) is -0.0388. The normalized spacial score (nSPS) is 21.7. The quantitative estimate of drug-likeness (QED) is 0.556. The van der Waals surface area contributed by atoms with Gasteiger partial charge in [0.1, 0.15) is 12.2 Å². The van der Waals surface area contributed by atoms with Crippen LogP contribution < -0.4 is 0 Å². The molecule has 15 heavy (non-hydrogen) atoms. The zero-order chi connectivity index (χ0) is 11.6. The van der Waals surface area contributed by atoms with Gasteiger partial charge in [0, 0.05) is 6.54 Å². The summed E-state index contributed by atoms with van der Waals surface area (Å²) in [5.41, 5.74) is 0. The summed E-state index contributed by atoms with van der Waals surface area (Å²) < 4.78 is 10.6. The van der Waals surface area contributed by atoms with Crippen LogP contribution in [-0.4, -0.2) is 50.4 Å². The van der Waals surface area contributed by atoms with Gasteiger partial charge in [0.2, 0.25) is 5.91 Å². The van der Waals surface area contributed by atoms with Gasteiger partial charge in [-0.15, -0.1) is 0 Å². The van der Waals surface area contributed by atoms with E-state index in [0.717, 1.165) is 4.90 Å². The standard InChI is InChI=1S/C7H12NO6P/c9-6(4-15(12,13)14)8-3-1-2-5(8)7(10)11/h5H,1-4H2,(H,10,11)(H2,12,13,14)/t5-/m0/s1. The Bertz CT molecular complexity index is 323. The van der Waals surface area contributed by atoms with Gasteiger partial charge in [0.25, 0.3) is 0 Å². The van der Waals surface area contributed by atoms with Crippen molar-refractivity contribution in [2.45, 2.75) is 18.9 Å². The molecule has 7 nitrogen and oxygen atoms in total.